The maximum absolute atomic E-state index is 12.2. The molecule has 0 radical (unpaired) electrons. The molecule has 0 unspecified atom stereocenters. The number of nitrogens with one attached hydrogen (secondary N) is 2. The molecular formula is C24H28N2O4. The van der Waals surface area contributed by atoms with Crippen LogP contribution < -0.4 is 10.6 Å². The molecule has 0 atom stereocenters. The molecule has 0 aromatic heterocycles. The van der Waals surface area contributed by atoms with Gasteiger partial charge in [0.15, 0.2) is 6.61 Å². The van der Waals surface area contributed by atoms with Crippen molar-refractivity contribution in [2.75, 3.05) is 13.2 Å². The first-order valence-electron chi connectivity index (χ1n) is 10.4. The Bertz CT molecular complexity index is 857. The van der Waals surface area contributed by atoms with Crippen LogP contribution in [-0.4, -0.2) is 37.0 Å². The third kappa shape index (κ3) is 6.44. The van der Waals surface area contributed by atoms with E-state index in [0.717, 1.165) is 36.8 Å². The predicted octanol–water partition coefficient (Wildman–Crippen LogP) is 3.32. The number of carbonyl (C=O) groups is 3. The number of esters is 1. The summed E-state index contributed by atoms with van der Waals surface area (Å²) in [5, 5.41) is 5.42. The quantitative estimate of drug-likeness (QED) is 0.689. The highest BCUT2D eigenvalue weighted by Crippen LogP contribution is 2.23. The summed E-state index contributed by atoms with van der Waals surface area (Å²) in [5.41, 5.74) is 2.52. The van der Waals surface area contributed by atoms with Gasteiger partial charge in [-0.2, -0.15) is 0 Å². The molecule has 158 valence electrons. The van der Waals surface area contributed by atoms with Crippen molar-refractivity contribution in [1.82, 2.24) is 10.6 Å². The van der Waals surface area contributed by atoms with Crippen LogP contribution in [0.5, 0.6) is 0 Å². The Morgan fingerprint density at radius 2 is 1.53 bits per heavy atom. The van der Waals surface area contributed by atoms with Crippen molar-refractivity contribution in [3.8, 4) is 11.1 Å². The van der Waals surface area contributed by atoms with E-state index < -0.39 is 5.97 Å². The normalized spacial score (nSPS) is 18.3. The summed E-state index contributed by atoms with van der Waals surface area (Å²) in [6.45, 7) is 1.60. The summed E-state index contributed by atoms with van der Waals surface area (Å²) in [5.74, 6) is -0.608. The number of amides is 2. The van der Waals surface area contributed by atoms with Crippen molar-refractivity contribution >= 4 is 17.8 Å². The summed E-state index contributed by atoms with van der Waals surface area (Å²) in [6, 6.07) is 17.2. The van der Waals surface area contributed by atoms with E-state index in [1.165, 1.54) is 0 Å². The Labute approximate surface area is 177 Å². The van der Waals surface area contributed by atoms with E-state index in [1.807, 2.05) is 42.5 Å². The molecule has 1 aliphatic carbocycles. The topological polar surface area (TPSA) is 84.5 Å². The number of carbonyl (C=O) groups excluding carboxylic acids is 3. The van der Waals surface area contributed by atoms with Gasteiger partial charge in [0.05, 0.1) is 0 Å². The average molecular weight is 408 g/mol. The van der Waals surface area contributed by atoms with Crippen LogP contribution in [0.2, 0.25) is 0 Å². The molecule has 1 aliphatic rings. The van der Waals surface area contributed by atoms with Crippen LogP contribution in [-0.2, 0) is 14.3 Å². The van der Waals surface area contributed by atoms with E-state index in [2.05, 4.69) is 17.6 Å². The van der Waals surface area contributed by atoms with Crippen molar-refractivity contribution in [2.45, 2.75) is 38.6 Å². The average Bonchev–Trinajstić information content (AvgIpc) is 2.78. The SMILES string of the molecule is CC1CCC(NC(=O)COC(=O)CNC(=O)c2ccc(-c3ccccc3)cc2)CC1. The molecule has 2 N–H and O–H groups in total. The molecule has 0 heterocycles. The summed E-state index contributed by atoms with van der Waals surface area (Å²) in [4.78, 5) is 36.0. The van der Waals surface area contributed by atoms with Crippen LogP contribution in [0.4, 0.5) is 0 Å². The van der Waals surface area contributed by atoms with Crippen molar-refractivity contribution in [1.29, 1.82) is 0 Å². The lowest BCUT2D eigenvalue weighted by molar-refractivity contribution is -0.147. The van der Waals surface area contributed by atoms with E-state index in [9.17, 15) is 14.4 Å². The van der Waals surface area contributed by atoms with Crippen molar-refractivity contribution in [3.05, 3.63) is 60.2 Å². The molecule has 1 fully saturated rings. The van der Waals surface area contributed by atoms with E-state index in [1.54, 1.807) is 12.1 Å². The third-order valence-electron chi connectivity index (χ3n) is 5.39. The van der Waals surface area contributed by atoms with Gasteiger partial charge in [-0.1, -0.05) is 49.4 Å². The molecule has 2 amide bonds. The van der Waals surface area contributed by atoms with E-state index >= 15 is 0 Å². The van der Waals surface area contributed by atoms with Gasteiger partial charge >= 0.3 is 5.97 Å². The molecule has 0 aliphatic heterocycles. The second-order valence-corrected chi connectivity index (χ2v) is 7.81. The van der Waals surface area contributed by atoms with Crippen LogP contribution >= 0.6 is 0 Å². The smallest absolute Gasteiger partial charge is 0.325 e. The summed E-state index contributed by atoms with van der Waals surface area (Å²) >= 11 is 0. The fourth-order valence-corrected chi connectivity index (χ4v) is 3.57. The molecular weight excluding hydrogens is 380 g/mol. The van der Waals surface area contributed by atoms with Gasteiger partial charge in [0.2, 0.25) is 0 Å². The number of hydrogen-bond donors (Lipinski definition) is 2. The largest absolute Gasteiger partial charge is 0.454 e. The number of hydrogen-bond acceptors (Lipinski definition) is 4. The zero-order valence-electron chi connectivity index (χ0n) is 17.2. The molecule has 0 spiro atoms. The number of rotatable bonds is 7. The van der Waals surface area contributed by atoms with Gasteiger partial charge in [0, 0.05) is 11.6 Å². The monoisotopic (exact) mass is 408 g/mol. The summed E-state index contributed by atoms with van der Waals surface area (Å²) in [7, 11) is 0. The number of ether oxygens (including phenoxy) is 1. The Morgan fingerprint density at radius 3 is 2.20 bits per heavy atom. The van der Waals surface area contributed by atoms with Crippen LogP contribution in [0, 0.1) is 5.92 Å². The van der Waals surface area contributed by atoms with Gasteiger partial charge in [-0.05, 0) is 54.9 Å². The fourth-order valence-electron chi connectivity index (χ4n) is 3.57. The van der Waals surface area contributed by atoms with Gasteiger partial charge in [0.1, 0.15) is 6.54 Å². The lowest BCUT2D eigenvalue weighted by atomic mass is 9.87. The van der Waals surface area contributed by atoms with Crippen molar-refractivity contribution in [3.63, 3.8) is 0 Å². The maximum Gasteiger partial charge on any atom is 0.325 e. The zero-order valence-corrected chi connectivity index (χ0v) is 17.2. The van der Waals surface area contributed by atoms with E-state index in [-0.39, 0.29) is 31.0 Å². The maximum atomic E-state index is 12.2. The second-order valence-electron chi connectivity index (χ2n) is 7.81. The molecule has 0 bridgehead atoms. The fraction of sp³-hybridized carbons (Fsp3) is 0.375. The molecule has 6 nitrogen and oxygen atoms in total. The van der Waals surface area contributed by atoms with Crippen molar-refractivity contribution in [2.24, 2.45) is 5.92 Å². The van der Waals surface area contributed by atoms with E-state index in [0.29, 0.717) is 11.5 Å². The molecule has 6 heteroatoms. The minimum Gasteiger partial charge on any atom is -0.454 e. The van der Waals surface area contributed by atoms with Crippen LogP contribution in [0.3, 0.4) is 0 Å². The van der Waals surface area contributed by atoms with Gasteiger partial charge in [0.25, 0.3) is 11.8 Å². The molecule has 2 aromatic rings. The van der Waals surface area contributed by atoms with Gasteiger partial charge in [-0.25, -0.2) is 0 Å². The highest BCUT2D eigenvalue weighted by Gasteiger charge is 2.20. The van der Waals surface area contributed by atoms with Crippen LogP contribution in [0.15, 0.2) is 54.6 Å². The van der Waals surface area contributed by atoms with Gasteiger partial charge in [-0.3, -0.25) is 14.4 Å². The summed E-state index contributed by atoms with van der Waals surface area (Å²) in [6.07, 6.45) is 4.12. The zero-order chi connectivity index (χ0) is 21.3. The Morgan fingerprint density at radius 1 is 0.900 bits per heavy atom. The van der Waals surface area contributed by atoms with Gasteiger partial charge < -0.3 is 15.4 Å². The van der Waals surface area contributed by atoms with E-state index in [4.69, 9.17) is 4.74 Å². The molecule has 1 saturated carbocycles. The summed E-state index contributed by atoms with van der Waals surface area (Å²) < 4.78 is 4.96. The first-order chi connectivity index (χ1) is 14.5. The highest BCUT2D eigenvalue weighted by molar-refractivity contribution is 5.96. The first kappa shape index (κ1) is 21.6. The Kier molecular flexibility index (Phi) is 7.60. The minimum atomic E-state index is -0.642. The third-order valence-corrected chi connectivity index (χ3v) is 5.39. The first-order valence-corrected chi connectivity index (χ1v) is 10.4. The lowest BCUT2D eigenvalue weighted by Gasteiger charge is -2.26. The second kappa shape index (κ2) is 10.6. The molecule has 30 heavy (non-hydrogen) atoms. The van der Waals surface area contributed by atoms with Gasteiger partial charge in [-0.15, -0.1) is 0 Å². The number of benzene rings is 2. The van der Waals surface area contributed by atoms with Crippen molar-refractivity contribution < 1.29 is 19.1 Å². The Hall–Kier alpha value is -3.15. The van der Waals surface area contributed by atoms with Crippen LogP contribution in [0.25, 0.3) is 11.1 Å². The lowest BCUT2D eigenvalue weighted by Crippen LogP contribution is -2.40. The molecule has 2 aromatic carbocycles. The highest BCUT2D eigenvalue weighted by atomic mass is 16.5. The van der Waals surface area contributed by atoms with Crippen LogP contribution in [0.1, 0.15) is 43.0 Å². The standard InChI is InChI=1S/C24H28N2O4/c1-17-7-13-21(14-8-17)26-22(27)16-30-23(28)15-25-24(29)20-11-9-19(10-12-20)18-5-3-2-4-6-18/h2-6,9-12,17,21H,7-8,13-16H2,1H3,(H,25,29)(H,26,27). The molecule has 0 saturated heterocycles. The minimum absolute atomic E-state index is 0.158. The Balaban J connectivity index is 1.38. The molecule has 3 rings (SSSR count). The predicted molar refractivity (Wildman–Crippen MR) is 115 cm³/mol.